The predicted molar refractivity (Wildman–Crippen MR) is 81.3 cm³/mol. The van der Waals surface area contributed by atoms with Crippen LogP contribution in [0.3, 0.4) is 0 Å². The lowest BCUT2D eigenvalue weighted by Crippen LogP contribution is -2.54. The molecule has 1 heterocycles. The highest BCUT2D eigenvalue weighted by Gasteiger charge is 2.35. The van der Waals surface area contributed by atoms with Gasteiger partial charge in [-0.25, -0.2) is 4.79 Å². The summed E-state index contributed by atoms with van der Waals surface area (Å²) in [4.78, 5) is 47.7. The molecule has 0 saturated carbocycles. The zero-order valence-corrected chi connectivity index (χ0v) is 14.2. The van der Waals surface area contributed by atoms with E-state index in [4.69, 9.17) is 10.5 Å². The molecule has 9 heteroatoms. The second-order valence-electron chi connectivity index (χ2n) is 6.71. The Morgan fingerprint density at radius 1 is 1.33 bits per heavy atom. The van der Waals surface area contributed by atoms with Crippen molar-refractivity contribution in [3.05, 3.63) is 0 Å². The molecule has 1 aliphatic heterocycles. The fraction of sp³-hybridized carbons (Fsp3) is 0.733. The Labute approximate surface area is 140 Å². The molecule has 1 fully saturated rings. The maximum Gasteiger partial charge on any atom is 0.408 e. The summed E-state index contributed by atoms with van der Waals surface area (Å²) in [6, 6.07) is -2.12. The number of hydrogen-bond acceptors (Lipinski definition) is 6. The van der Waals surface area contributed by atoms with Crippen molar-refractivity contribution in [2.75, 3.05) is 6.54 Å². The van der Waals surface area contributed by atoms with E-state index in [1.807, 2.05) is 0 Å². The molecule has 0 spiro atoms. The number of aliphatic carboxylic acids is 1. The van der Waals surface area contributed by atoms with Crippen molar-refractivity contribution >= 4 is 23.9 Å². The van der Waals surface area contributed by atoms with Crippen LogP contribution in [0.5, 0.6) is 0 Å². The van der Waals surface area contributed by atoms with Gasteiger partial charge < -0.3 is 30.6 Å². The Morgan fingerprint density at radius 2 is 1.96 bits per heavy atom. The second-order valence-corrected chi connectivity index (χ2v) is 6.71. The van der Waals surface area contributed by atoms with Gasteiger partial charge in [0.25, 0.3) is 0 Å². The second kappa shape index (κ2) is 7.98. The van der Waals surface area contributed by atoms with Crippen LogP contribution in [0.25, 0.3) is 0 Å². The van der Waals surface area contributed by atoms with E-state index in [0.29, 0.717) is 12.8 Å². The third kappa shape index (κ3) is 6.05. The summed E-state index contributed by atoms with van der Waals surface area (Å²) in [6.07, 6.45) is -0.170. The highest BCUT2D eigenvalue weighted by Crippen LogP contribution is 2.19. The van der Waals surface area contributed by atoms with Gasteiger partial charge in [-0.1, -0.05) is 0 Å². The number of amides is 3. The number of carbonyl (C=O) groups excluding carboxylic acids is 4. The van der Waals surface area contributed by atoms with Crippen molar-refractivity contribution in [2.24, 2.45) is 5.73 Å². The van der Waals surface area contributed by atoms with Crippen LogP contribution in [0.1, 0.15) is 46.5 Å². The van der Waals surface area contributed by atoms with Crippen molar-refractivity contribution in [2.45, 2.75) is 64.1 Å². The molecular weight excluding hydrogens is 318 g/mol. The molecule has 3 N–H and O–H groups in total. The van der Waals surface area contributed by atoms with Crippen LogP contribution >= 0.6 is 0 Å². The molecular formula is C15H24N3O6-. The number of carboxylic acids is 1. The Hall–Kier alpha value is -2.32. The minimum Gasteiger partial charge on any atom is -0.548 e. The van der Waals surface area contributed by atoms with Gasteiger partial charge in [-0.2, -0.15) is 0 Å². The van der Waals surface area contributed by atoms with Gasteiger partial charge in [0.2, 0.25) is 11.8 Å². The summed E-state index contributed by atoms with van der Waals surface area (Å²) < 4.78 is 5.10. The van der Waals surface area contributed by atoms with Crippen LogP contribution < -0.4 is 16.2 Å². The molecule has 1 saturated heterocycles. The molecule has 24 heavy (non-hydrogen) atoms. The maximum absolute atomic E-state index is 12.6. The van der Waals surface area contributed by atoms with E-state index in [9.17, 15) is 24.3 Å². The number of primary amides is 1. The number of nitrogens with zero attached hydrogens (tertiary/aromatic N) is 1. The number of likely N-dealkylation sites (tertiary alicyclic amines) is 1. The lowest BCUT2D eigenvalue weighted by atomic mass is 10.1. The van der Waals surface area contributed by atoms with Crippen molar-refractivity contribution in [1.82, 2.24) is 10.2 Å². The van der Waals surface area contributed by atoms with Crippen LogP contribution in [-0.2, 0) is 19.1 Å². The normalized spacial score (nSPS) is 18.8. The van der Waals surface area contributed by atoms with Crippen molar-refractivity contribution < 1.29 is 29.0 Å². The summed E-state index contributed by atoms with van der Waals surface area (Å²) in [5.74, 6) is -2.56. The van der Waals surface area contributed by atoms with Gasteiger partial charge in [0, 0.05) is 13.0 Å². The number of ether oxygens (including phenoxy) is 1. The summed E-state index contributed by atoms with van der Waals surface area (Å²) in [7, 11) is 0. The van der Waals surface area contributed by atoms with Crippen LogP contribution in [0.15, 0.2) is 0 Å². The summed E-state index contributed by atoms with van der Waals surface area (Å²) in [5.41, 5.74) is 4.33. The highest BCUT2D eigenvalue weighted by atomic mass is 16.6. The molecule has 0 aromatic rings. The number of carboxylic acid groups (broad SMARTS) is 1. The van der Waals surface area contributed by atoms with E-state index in [1.165, 1.54) is 0 Å². The first-order valence-corrected chi connectivity index (χ1v) is 7.80. The molecule has 0 bridgehead atoms. The molecule has 3 amide bonds. The summed E-state index contributed by atoms with van der Waals surface area (Å²) >= 11 is 0. The van der Waals surface area contributed by atoms with Gasteiger partial charge in [0.1, 0.15) is 11.6 Å². The fourth-order valence-corrected chi connectivity index (χ4v) is 2.47. The van der Waals surface area contributed by atoms with Gasteiger partial charge in [-0.15, -0.1) is 0 Å². The van der Waals surface area contributed by atoms with Crippen molar-refractivity contribution in [3.63, 3.8) is 0 Å². The summed E-state index contributed by atoms with van der Waals surface area (Å²) in [5, 5.41) is 13.5. The molecule has 2 atom stereocenters. The molecule has 0 unspecified atom stereocenters. The molecule has 0 aromatic carbocycles. The minimum absolute atomic E-state index is 0.0380. The number of alkyl carbamates (subject to hydrolysis) is 1. The number of rotatable bonds is 6. The van der Waals surface area contributed by atoms with E-state index in [0.717, 1.165) is 4.90 Å². The molecule has 0 aliphatic carbocycles. The van der Waals surface area contributed by atoms with E-state index in [2.05, 4.69) is 5.32 Å². The number of nitrogens with two attached hydrogens (primary N) is 1. The van der Waals surface area contributed by atoms with Crippen LogP contribution in [0, 0.1) is 0 Å². The van der Waals surface area contributed by atoms with E-state index < -0.39 is 41.6 Å². The van der Waals surface area contributed by atoms with Gasteiger partial charge in [-0.05, 0) is 40.0 Å². The first-order valence-electron chi connectivity index (χ1n) is 7.80. The zero-order chi connectivity index (χ0) is 18.5. The zero-order valence-electron chi connectivity index (χ0n) is 14.2. The molecule has 0 aromatic heterocycles. The van der Waals surface area contributed by atoms with Gasteiger partial charge >= 0.3 is 6.09 Å². The smallest absolute Gasteiger partial charge is 0.408 e. The predicted octanol–water partition coefficient (Wildman–Crippen LogP) is -1.11. The average molecular weight is 342 g/mol. The van der Waals surface area contributed by atoms with Crippen molar-refractivity contribution in [3.8, 4) is 0 Å². The average Bonchev–Trinajstić information content (AvgIpc) is 2.89. The maximum atomic E-state index is 12.6. The van der Waals surface area contributed by atoms with Gasteiger partial charge in [0.15, 0.2) is 0 Å². The quantitative estimate of drug-likeness (QED) is 0.626. The first-order chi connectivity index (χ1) is 11.0. The van der Waals surface area contributed by atoms with Crippen LogP contribution in [0.4, 0.5) is 4.79 Å². The van der Waals surface area contributed by atoms with Crippen LogP contribution in [0.2, 0.25) is 0 Å². The Bertz CT molecular complexity index is 514. The monoisotopic (exact) mass is 342 g/mol. The molecule has 9 nitrogen and oxygen atoms in total. The standard InChI is InChI=1S/C15H25N3O6/c1-15(2,3)24-14(23)17-9(6-7-11(16)19)12(20)18-8-4-5-10(18)13(21)22/h9-10H,4-8H2,1-3H3,(H2,16,19)(H,17,23)(H,21,22)/p-1/t9-,10-/m0/s1. The largest absolute Gasteiger partial charge is 0.548 e. The summed E-state index contributed by atoms with van der Waals surface area (Å²) in [6.45, 7) is 5.25. The lowest BCUT2D eigenvalue weighted by Gasteiger charge is -2.30. The third-order valence-electron chi connectivity index (χ3n) is 3.48. The van der Waals surface area contributed by atoms with Crippen LogP contribution in [-0.4, -0.2) is 53.0 Å². The Morgan fingerprint density at radius 3 is 2.46 bits per heavy atom. The third-order valence-corrected chi connectivity index (χ3v) is 3.48. The van der Waals surface area contributed by atoms with Gasteiger partial charge in [-0.3, -0.25) is 9.59 Å². The van der Waals surface area contributed by atoms with E-state index in [1.54, 1.807) is 20.8 Å². The molecule has 136 valence electrons. The van der Waals surface area contributed by atoms with E-state index in [-0.39, 0.29) is 19.4 Å². The minimum atomic E-state index is -1.34. The van der Waals surface area contributed by atoms with E-state index >= 15 is 0 Å². The first kappa shape index (κ1) is 19.7. The highest BCUT2D eigenvalue weighted by molar-refractivity contribution is 5.90. The SMILES string of the molecule is CC(C)(C)OC(=O)N[C@@H](CCC(N)=O)C(=O)N1CCC[C@H]1C(=O)[O-]. The fourth-order valence-electron chi connectivity index (χ4n) is 2.47. The lowest BCUT2D eigenvalue weighted by molar-refractivity contribution is -0.310. The molecule has 0 radical (unpaired) electrons. The topological polar surface area (TPSA) is 142 Å². The Balaban J connectivity index is 2.83. The number of hydrogen-bond donors (Lipinski definition) is 2. The molecule has 1 rings (SSSR count). The van der Waals surface area contributed by atoms with Gasteiger partial charge in [0.05, 0.1) is 12.0 Å². The number of carbonyl (C=O) groups is 4. The Kier molecular flexibility index (Phi) is 6.56. The molecule has 1 aliphatic rings. The van der Waals surface area contributed by atoms with Crippen molar-refractivity contribution in [1.29, 1.82) is 0 Å². The number of nitrogens with one attached hydrogen (secondary N) is 1.